The predicted octanol–water partition coefficient (Wildman–Crippen LogP) is 1.35. The van der Waals surface area contributed by atoms with Crippen molar-refractivity contribution in [1.82, 2.24) is 10.2 Å². The lowest BCUT2D eigenvalue weighted by atomic mass is 10.1. The van der Waals surface area contributed by atoms with Crippen molar-refractivity contribution in [2.24, 2.45) is 0 Å². The maximum absolute atomic E-state index is 11.4. The number of benzene rings is 1. The van der Waals surface area contributed by atoms with E-state index in [1.165, 1.54) is 6.07 Å². The Balaban J connectivity index is 2.22. The van der Waals surface area contributed by atoms with E-state index in [2.05, 4.69) is 10.6 Å². The molecule has 1 saturated heterocycles. The molecule has 1 aromatic rings. The van der Waals surface area contributed by atoms with E-state index in [9.17, 15) is 14.9 Å². The van der Waals surface area contributed by atoms with E-state index >= 15 is 0 Å². The smallest absolute Gasteiger partial charge is 0.292 e. The molecule has 0 bridgehead atoms. The molecule has 0 spiro atoms. The minimum Gasteiger partial charge on any atom is -0.379 e. The number of anilines is 1. The number of amides is 1. The van der Waals surface area contributed by atoms with Crippen molar-refractivity contribution in [3.8, 4) is 0 Å². The predicted molar refractivity (Wildman–Crippen MR) is 80.2 cm³/mol. The number of nitrogens with zero attached hydrogens (tertiary/aromatic N) is 2. The van der Waals surface area contributed by atoms with Crippen molar-refractivity contribution in [2.45, 2.75) is 19.9 Å². The van der Waals surface area contributed by atoms with Crippen LogP contribution in [-0.4, -0.2) is 41.9 Å². The van der Waals surface area contributed by atoms with Gasteiger partial charge in [0, 0.05) is 32.2 Å². The largest absolute Gasteiger partial charge is 0.379 e. The third-order valence-electron chi connectivity index (χ3n) is 3.39. The summed E-state index contributed by atoms with van der Waals surface area (Å²) in [4.78, 5) is 24.2. The van der Waals surface area contributed by atoms with Gasteiger partial charge in [-0.15, -0.1) is 0 Å². The van der Waals surface area contributed by atoms with Gasteiger partial charge >= 0.3 is 0 Å². The minimum absolute atomic E-state index is 0.00486. The van der Waals surface area contributed by atoms with E-state index in [-0.39, 0.29) is 16.5 Å². The van der Waals surface area contributed by atoms with Crippen LogP contribution in [-0.2, 0) is 11.3 Å². The quantitative estimate of drug-likeness (QED) is 0.610. The Morgan fingerprint density at radius 2 is 2.29 bits per heavy atom. The van der Waals surface area contributed by atoms with Gasteiger partial charge in [0.25, 0.3) is 5.69 Å². The summed E-state index contributed by atoms with van der Waals surface area (Å²) < 4.78 is 0. The summed E-state index contributed by atoms with van der Waals surface area (Å²) in [5.41, 5.74) is 1.50. The monoisotopic (exact) mass is 292 g/mol. The highest BCUT2D eigenvalue weighted by molar-refractivity contribution is 5.78. The van der Waals surface area contributed by atoms with Crippen LogP contribution in [0, 0.1) is 10.1 Å². The zero-order valence-electron chi connectivity index (χ0n) is 12.1. The Morgan fingerprint density at radius 1 is 1.48 bits per heavy atom. The lowest BCUT2D eigenvalue weighted by Crippen LogP contribution is -2.47. The van der Waals surface area contributed by atoms with E-state index in [0.29, 0.717) is 31.9 Å². The van der Waals surface area contributed by atoms with Crippen LogP contribution in [0.25, 0.3) is 0 Å². The van der Waals surface area contributed by atoms with Gasteiger partial charge in [-0.05, 0) is 12.0 Å². The highest BCUT2D eigenvalue weighted by Crippen LogP contribution is 2.29. The van der Waals surface area contributed by atoms with Gasteiger partial charge in [-0.3, -0.25) is 19.8 Å². The van der Waals surface area contributed by atoms with Crippen molar-refractivity contribution in [3.63, 3.8) is 0 Å². The first-order chi connectivity index (χ1) is 10.1. The molecule has 7 nitrogen and oxygen atoms in total. The van der Waals surface area contributed by atoms with Crippen LogP contribution >= 0.6 is 0 Å². The first-order valence-corrected chi connectivity index (χ1v) is 7.11. The van der Waals surface area contributed by atoms with Gasteiger partial charge in [0.15, 0.2) is 0 Å². The Labute approximate surface area is 123 Å². The van der Waals surface area contributed by atoms with Gasteiger partial charge in [0.05, 0.1) is 11.5 Å². The highest BCUT2D eigenvalue weighted by atomic mass is 16.6. The minimum atomic E-state index is -0.371. The Morgan fingerprint density at radius 3 is 2.95 bits per heavy atom. The van der Waals surface area contributed by atoms with E-state index in [1.54, 1.807) is 6.07 Å². The summed E-state index contributed by atoms with van der Waals surface area (Å²) in [5.74, 6) is -0.00486. The van der Waals surface area contributed by atoms with Gasteiger partial charge in [-0.25, -0.2) is 0 Å². The fourth-order valence-corrected chi connectivity index (χ4v) is 2.39. The summed E-state index contributed by atoms with van der Waals surface area (Å²) in [5, 5.41) is 17.1. The van der Waals surface area contributed by atoms with E-state index in [1.807, 2.05) is 17.9 Å². The fourth-order valence-electron chi connectivity index (χ4n) is 2.39. The number of carbonyl (C=O) groups is 1. The van der Waals surface area contributed by atoms with Crippen LogP contribution in [0.15, 0.2) is 18.2 Å². The molecule has 0 aromatic heterocycles. The van der Waals surface area contributed by atoms with Crippen molar-refractivity contribution in [3.05, 3.63) is 33.9 Å². The number of nitro groups is 1. The van der Waals surface area contributed by atoms with Gasteiger partial charge in [0.2, 0.25) is 5.91 Å². The molecule has 21 heavy (non-hydrogen) atoms. The topological polar surface area (TPSA) is 87.5 Å². The fraction of sp³-hybridized carbons (Fsp3) is 0.500. The van der Waals surface area contributed by atoms with Gasteiger partial charge in [-0.1, -0.05) is 19.1 Å². The Hall–Kier alpha value is -2.15. The van der Waals surface area contributed by atoms with Gasteiger partial charge < -0.3 is 10.6 Å². The lowest BCUT2D eigenvalue weighted by Gasteiger charge is -2.27. The molecule has 0 saturated carbocycles. The molecule has 1 aliphatic heterocycles. The Kier molecular flexibility index (Phi) is 5.10. The number of rotatable bonds is 6. The van der Waals surface area contributed by atoms with Crippen LogP contribution in [0.4, 0.5) is 11.4 Å². The van der Waals surface area contributed by atoms with E-state index in [4.69, 9.17) is 0 Å². The van der Waals surface area contributed by atoms with E-state index in [0.717, 1.165) is 18.5 Å². The average Bonchev–Trinajstić information content (AvgIpc) is 2.45. The normalized spacial score (nSPS) is 15.6. The summed E-state index contributed by atoms with van der Waals surface area (Å²) in [6, 6.07) is 5.07. The van der Waals surface area contributed by atoms with Gasteiger partial charge in [0.1, 0.15) is 5.69 Å². The second-order valence-electron chi connectivity index (χ2n) is 5.06. The van der Waals surface area contributed by atoms with Crippen LogP contribution in [0.1, 0.15) is 18.9 Å². The first kappa shape index (κ1) is 15.2. The number of carbonyl (C=O) groups excluding carboxylic acids is 1. The van der Waals surface area contributed by atoms with Crippen molar-refractivity contribution < 1.29 is 9.72 Å². The maximum Gasteiger partial charge on any atom is 0.292 e. The molecule has 1 aliphatic rings. The van der Waals surface area contributed by atoms with Crippen LogP contribution in [0.2, 0.25) is 0 Å². The number of para-hydroxylation sites is 1. The second kappa shape index (κ2) is 7.03. The summed E-state index contributed by atoms with van der Waals surface area (Å²) in [6.45, 7) is 4.92. The van der Waals surface area contributed by atoms with Crippen LogP contribution in [0.3, 0.4) is 0 Å². The molecule has 0 aliphatic carbocycles. The van der Waals surface area contributed by atoms with Crippen molar-refractivity contribution in [1.29, 1.82) is 0 Å². The molecule has 0 atom stereocenters. The molecule has 114 valence electrons. The Bertz CT molecular complexity index is 533. The first-order valence-electron chi connectivity index (χ1n) is 7.11. The molecule has 1 amide bonds. The molecular weight excluding hydrogens is 272 g/mol. The van der Waals surface area contributed by atoms with Crippen molar-refractivity contribution >= 4 is 17.3 Å². The lowest BCUT2D eigenvalue weighted by molar-refractivity contribution is -0.384. The van der Waals surface area contributed by atoms with Gasteiger partial charge in [-0.2, -0.15) is 0 Å². The highest BCUT2D eigenvalue weighted by Gasteiger charge is 2.21. The molecule has 2 N–H and O–H groups in total. The molecule has 2 rings (SSSR count). The summed E-state index contributed by atoms with van der Waals surface area (Å²) in [6.07, 6.45) is 0.887. The SMILES string of the molecule is CCCNc1c(CN2CCNC(=O)C2)cccc1[N+](=O)[O-]. The number of nitro benzene ring substituents is 1. The molecular formula is C14H20N4O3. The maximum atomic E-state index is 11.4. The average molecular weight is 292 g/mol. The molecule has 7 heteroatoms. The number of piperazine rings is 1. The standard InChI is InChI=1S/C14H20N4O3/c1-2-6-16-14-11(4-3-5-12(14)18(20)21)9-17-8-7-15-13(19)10-17/h3-5,16H,2,6-10H2,1H3,(H,15,19). The molecule has 1 fully saturated rings. The summed E-state index contributed by atoms with van der Waals surface area (Å²) >= 11 is 0. The molecule has 0 radical (unpaired) electrons. The molecule has 1 heterocycles. The zero-order chi connectivity index (χ0) is 15.2. The third kappa shape index (κ3) is 3.91. The third-order valence-corrected chi connectivity index (χ3v) is 3.39. The summed E-state index contributed by atoms with van der Waals surface area (Å²) in [7, 11) is 0. The number of hydrogen-bond acceptors (Lipinski definition) is 5. The number of hydrogen-bond donors (Lipinski definition) is 2. The second-order valence-corrected chi connectivity index (χ2v) is 5.06. The van der Waals surface area contributed by atoms with E-state index < -0.39 is 0 Å². The molecule has 1 aromatic carbocycles. The number of nitrogens with one attached hydrogen (secondary N) is 2. The zero-order valence-corrected chi connectivity index (χ0v) is 12.1. The van der Waals surface area contributed by atoms with Crippen LogP contribution in [0.5, 0.6) is 0 Å². The molecule has 0 unspecified atom stereocenters. The van der Waals surface area contributed by atoms with Crippen molar-refractivity contribution in [2.75, 3.05) is 31.5 Å². The van der Waals surface area contributed by atoms with Crippen LogP contribution < -0.4 is 10.6 Å².